The Labute approximate surface area is 149 Å². The SMILES string of the molecule is Cc1ccc(S(=O)(=O)Nc2ccc(NC(=O)C(C)(C)C)c(C)c2)cc1. The quantitative estimate of drug-likeness (QED) is 0.862. The zero-order chi connectivity index (χ0) is 18.8. The van der Waals surface area contributed by atoms with Gasteiger partial charge in [0.15, 0.2) is 0 Å². The molecule has 0 aliphatic carbocycles. The van der Waals surface area contributed by atoms with Gasteiger partial charge < -0.3 is 5.32 Å². The standard InChI is InChI=1S/C19H24N2O3S/c1-13-6-9-16(10-7-13)25(23,24)21-15-8-11-17(14(2)12-15)20-18(22)19(3,4)5/h6-12,21H,1-5H3,(H,20,22). The molecule has 0 atom stereocenters. The van der Waals surface area contributed by atoms with Crippen molar-refractivity contribution in [3.05, 3.63) is 53.6 Å². The minimum atomic E-state index is -3.64. The highest BCUT2D eigenvalue weighted by Gasteiger charge is 2.22. The second-order valence-corrected chi connectivity index (χ2v) is 8.83. The number of benzene rings is 2. The van der Waals surface area contributed by atoms with Crippen molar-refractivity contribution < 1.29 is 13.2 Å². The van der Waals surface area contributed by atoms with Crippen molar-refractivity contribution in [1.82, 2.24) is 0 Å². The lowest BCUT2D eigenvalue weighted by molar-refractivity contribution is -0.123. The van der Waals surface area contributed by atoms with Gasteiger partial charge in [0.25, 0.3) is 10.0 Å². The first-order valence-electron chi connectivity index (χ1n) is 8.01. The number of hydrogen-bond donors (Lipinski definition) is 2. The third-order valence-electron chi connectivity index (χ3n) is 3.74. The van der Waals surface area contributed by atoms with Crippen LogP contribution >= 0.6 is 0 Å². The fraction of sp³-hybridized carbons (Fsp3) is 0.316. The molecule has 0 spiro atoms. The molecule has 0 unspecified atom stereocenters. The van der Waals surface area contributed by atoms with E-state index in [9.17, 15) is 13.2 Å². The maximum absolute atomic E-state index is 12.4. The third-order valence-corrected chi connectivity index (χ3v) is 5.14. The second-order valence-electron chi connectivity index (χ2n) is 7.15. The highest BCUT2D eigenvalue weighted by Crippen LogP contribution is 2.24. The van der Waals surface area contributed by atoms with E-state index in [0.717, 1.165) is 11.1 Å². The Kier molecular flexibility index (Phi) is 5.23. The molecule has 2 aromatic rings. The van der Waals surface area contributed by atoms with Crippen LogP contribution in [0.2, 0.25) is 0 Å². The number of aryl methyl sites for hydroxylation is 2. The predicted molar refractivity (Wildman–Crippen MR) is 101 cm³/mol. The summed E-state index contributed by atoms with van der Waals surface area (Å²) in [6.45, 7) is 9.23. The summed E-state index contributed by atoms with van der Waals surface area (Å²) in [5.74, 6) is -0.0939. The van der Waals surface area contributed by atoms with Crippen LogP contribution < -0.4 is 10.0 Å². The van der Waals surface area contributed by atoms with Crippen LogP contribution in [-0.4, -0.2) is 14.3 Å². The van der Waals surface area contributed by atoms with E-state index in [0.29, 0.717) is 11.4 Å². The summed E-state index contributed by atoms with van der Waals surface area (Å²) in [6.07, 6.45) is 0. The zero-order valence-electron chi connectivity index (χ0n) is 15.2. The number of sulfonamides is 1. The zero-order valence-corrected chi connectivity index (χ0v) is 16.0. The maximum Gasteiger partial charge on any atom is 0.261 e. The molecule has 0 heterocycles. The molecule has 2 aromatic carbocycles. The molecule has 2 rings (SSSR count). The molecule has 1 amide bonds. The van der Waals surface area contributed by atoms with Crippen LogP contribution in [0.5, 0.6) is 0 Å². The van der Waals surface area contributed by atoms with E-state index in [-0.39, 0.29) is 10.8 Å². The average molecular weight is 360 g/mol. The van der Waals surface area contributed by atoms with Gasteiger partial charge in [-0.3, -0.25) is 9.52 Å². The first-order valence-corrected chi connectivity index (χ1v) is 9.49. The minimum Gasteiger partial charge on any atom is -0.325 e. The van der Waals surface area contributed by atoms with Crippen LogP contribution in [0.4, 0.5) is 11.4 Å². The first-order chi connectivity index (χ1) is 11.5. The molecule has 2 N–H and O–H groups in total. The van der Waals surface area contributed by atoms with Crippen molar-refractivity contribution in [3.63, 3.8) is 0 Å². The Morgan fingerprint density at radius 3 is 2.08 bits per heavy atom. The lowest BCUT2D eigenvalue weighted by Gasteiger charge is -2.19. The van der Waals surface area contributed by atoms with E-state index in [4.69, 9.17) is 0 Å². The van der Waals surface area contributed by atoms with Gasteiger partial charge in [0.05, 0.1) is 4.90 Å². The van der Waals surface area contributed by atoms with Crippen LogP contribution in [0.15, 0.2) is 47.4 Å². The van der Waals surface area contributed by atoms with Gasteiger partial charge in [0, 0.05) is 16.8 Å². The van der Waals surface area contributed by atoms with Gasteiger partial charge in [0.2, 0.25) is 5.91 Å². The molecule has 0 aromatic heterocycles. The molecule has 134 valence electrons. The van der Waals surface area contributed by atoms with Crippen LogP contribution in [0.1, 0.15) is 31.9 Å². The van der Waals surface area contributed by atoms with Crippen molar-refractivity contribution in [2.24, 2.45) is 5.41 Å². The van der Waals surface area contributed by atoms with Gasteiger partial charge in [0.1, 0.15) is 0 Å². The summed E-state index contributed by atoms with van der Waals surface area (Å²) in [7, 11) is -3.64. The fourth-order valence-corrected chi connectivity index (χ4v) is 3.16. The van der Waals surface area contributed by atoms with Crippen molar-refractivity contribution in [2.75, 3.05) is 10.0 Å². The Morgan fingerprint density at radius 2 is 1.56 bits per heavy atom. The Balaban J connectivity index is 2.20. The molecule has 0 saturated heterocycles. The highest BCUT2D eigenvalue weighted by atomic mass is 32.2. The van der Waals surface area contributed by atoms with Crippen molar-refractivity contribution in [1.29, 1.82) is 0 Å². The summed E-state index contributed by atoms with van der Waals surface area (Å²) in [6, 6.07) is 11.7. The molecular formula is C19H24N2O3S. The van der Waals surface area contributed by atoms with Crippen LogP contribution in [0.25, 0.3) is 0 Å². The normalized spacial score (nSPS) is 11.9. The number of carbonyl (C=O) groups is 1. The number of carbonyl (C=O) groups excluding carboxylic acids is 1. The number of rotatable bonds is 4. The van der Waals surface area contributed by atoms with Gasteiger partial charge in [-0.05, 0) is 49.7 Å². The molecule has 0 aliphatic rings. The lowest BCUT2D eigenvalue weighted by Crippen LogP contribution is -2.27. The van der Waals surface area contributed by atoms with Gasteiger partial charge >= 0.3 is 0 Å². The van der Waals surface area contributed by atoms with Crippen molar-refractivity contribution in [2.45, 2.75) is 39.5 Å². The van der Waals surface area contributed by atoms with Gasteiger partial charge in [-0.1, -0.05) is 38.5 Å². The van der Waals surface area contributed by atoms with Gasteiger partial charge in [-0.15, -0.1) is 0 Å². The average Bonchev–Trinajstić information content (AvgIpc) is 2.49. The smallest absolute Gasteiger partial charge is 0.261 e. The van der Waals surface area contributed by atoms with Gasteiger partial charge in [-0.2, -0.15) is 0 Å². The summed E-state index contributed by atoms with van der Waals surface area (Å²) in [4.78, 5) is 12.3. The topological polar surface area (TPSA) is 75.3 Å². The summed E-state index contributed by atoms with van der Waals surface area (Å²) in [5.41, 5.74) is 2.39. The Bertz CT molecular complexity index is 880. The van der Waals surface area contributed by atoms with Gasteiger partial charge in [-0.25, -0.2) is 8.42 Å². The molecule has 0 radical (unpaired) electrons. The van der Waals surface area contributed by atoms with Crippen molar-refractivity contribution in [3.8, 4) is 0 Å². The molecule has 25 heavy (non-hydrogen) atoms. The first kappa shape index (κ1) is 19.0. The second kappa shape index (κ2) is 6.88. The van der Waals surface area contributed by atoms with E-state index in [1.807, 2.05) is 34.6 Å². The summed E-state index contributed by atoms with van der Waals surface area (Å²) >= 11 is 0. The number of anilines is 2. The number of hydrogen-bond acceptors (Lipinski definition) is 3. The van der Waals surface area contributed by atoms with E-state index >= 15 is 0 Å². The van der Waals surface area contributed by atoms with E-state index in [1.54, 1.807) is 42.5 Å². The number of nitrogens with one attached hydrogen (secondary N) is 2. The number of amides is 1. The maximum atomic E-state index is 12.4. The molecule has 5 nitrogen and oxygen atoms in total. The predicted octanol–water partition coefficient (Wildman–Crippen LogP) is 4.09. The van der Waals surface area contributed by atoms with Crippen LogP contribution in [0.3, 0.4) is 0 Å². The highest BCUT2D eigenvalue weighted by molar-refractivity contribution is 7.92. The fourth-order valence-electron chi connectivity index (χ4n) is 2.11. The minimum absolute atomic E-state index is 0.0939. The lowest BCUT2D eigenvalue weighted by atomic mass is 9.95. The van der Waals surface area contributed by atoms with Crippen molar-refractivity contribution >= 4 is 27.3 Å². The Morgan fingerprint density at radius 1 is 0.960 bits per heavy atom. The summed E-state index contributed by atoms with van der Waals surface area (Å²) in [5, 5.41) is 2.86. The molecule has 0 fully saturated rings. The molecule has 0 aliphatic heterocycles. The van der Waals surface area contributed by atoms with Crippen LogP contribution in [-0.2, 0) is 14.8 Å². The van der Waals surface area contributed by atoms with E-state index in [1.165, 1.54) is 0 Å². The molecular weight excluding hydrogens is 336 g/mol. The largest absolute Gasteiger partial charge is 0.325 e. The van der Waals surface area contributed by atoms with E-state index in [2.05, 4.69) is 10.0 Å². The monoisotopic (exact) mass is 360 g/mol. The van der Waals surface area contributed by atoms with E-state index < -0.39 is 15.4 Å². The molecule has 0 bridgehead atoms. The molecule has 6 heteroatoms. The molecule has 0 saturated carbocycles. The van der Waals surface area contributed by atoms with Crippen LogP contribution in [0, 0.1) is 19.3 Å². The third kappa shape index (κ3) is 4.82. The Hall–Kier alpha value is -2.34. The summed E-state index contributed by atoms with van der Waals surface area (Å²) < 4.78 is 27.4.